The fourth-order valence-electron chi connectivity index (χ4n) is 1.39. The molecule has 0 spiro atoms. The van der Waals surface area contributed by atoms with Gasteiger partial charge in [0.2, 0.25) is 5.91 Å². The van der Waals surface area contributed by atoms with E-state index in [1.165, 1.54) is 6.20 Å². The molecule has 1 amide bonds. The molecule has 0 bridgehead atoms. The largest absolute Gasteiger partial charge is 0.394 e. The summed E-state index contributed by atoms with van der Waals surface area (Å²) in [5.74, 6) is -0.165. The summed E-state index contributed by atoms with van der Waals surface area (Å²) in [6, 6.07) is 0.0634. The van der Waals surface area contributed by atoms with Crippen LogP contribution in [0, 0.1) is 0 Å². The van der Waals surface area contributed by atoms with Crippen molar-refractivity contribution < 1.29 is 9.90 Å². The van der Waals surface area contributed by atoms with E-state index in [1.54, 1.807) is 0 Å². The fraction of sp³-hybridized carbons (Fsp3) is 0.545. The lowest BCUT2D eigenvalue weighted by atomic mass is 10.4. The van der Waals surface area contributed by atoms with E-state index in [2.05, 4.69) is 31.7 Å². The average molecular weight is 333 g/mol. The number of hydrogen-bond donors (Lipinski definition) is 3. The molecule has 1 aromatic rings. The number of carbonyl (C=O) groups excluding carboxylic acids is 1. The van der Waals surface area contributed by atoms with Gasteiger partial charge in [0.25, 0.3) is 5.56 Å². The number of nitrogens with one attached hydrogen (secondary N) is 2. The summed E-state index contributed by atoms with van der Waals surface area (Å²) in [5.41, 5.74) is 0.0846. The lowest BCUT2D eigenvalue weighted by Gasteiger charge is -2.11. The van der Waals surface area contributed by atoms with Crippen molar-refractivity contribution in [1.29, 1.82) is 0 Å². The van der Waals surface area contributed by atoms with E-state index in [0.29, 0.717) is 5.69 Å². The van der Waals surface area contributed by atoms with E-state index in [9.17, 15) is 9.59 Å². The molecule has 0 unspecified atom stereocenters. The first-order valence-electron chi connectivity index (χ1n) is 5.85. The van der Waals surface area contributed by atoms with Crippen LogP contribution in [0.15, 0.2) is 15.5 Å². The molecule has 1 aromatic heterocycles. The first-order chi connectivity index (χ1) is 8.95. The van der Waals surface area contributed by atoms with Crippen molar-refractivity contribution in [3.8, 4) is 0 Å². The second kappa shape index (κ2) is 7.25. The predicted octanol–water partition coefficient (Wildman–Crippen LogP) is -0.0654. The molecule has 106 valence electrons. The van der Waals surface area contributed by atoms with Gasteiger partial charge in [0.1, 0.15) is 4.47 Å². The molecule has 1 rings (SSSR count). The van der Waals surface area contributed by atoms with Crippen molar-refractivity contribution in [3.63, 3.8) is 0 Å². The second-order valence-electron chi connectivity index (χ2n) is 4.20. The topological polar surface area (TPSA) is 96.2 Å². The third-order valence-electron chi connectivity index (χ3n) is 2.19. The first kappa shape index (κ1) is 15.6. The third kappa shape index (κ3) is 4.64. The van der Waals surface area contributed by atoms with Crippen molar-refractivity contribution in [3.05, 3.63) is 21.0 Å². The van der Waals surface area contributed by atoms with Crippen LogP contribution in [0.1, 0.15) is 13.8 Å². The first-order valence-corrected chi connectivity index (χ1v) is 6.64. The van der Waals surface area contributed by atoms with Crippen LogP contribution in [-0.2, 0) is 11.3 Å². The van der Waals surface area contributed by atoms with Gasteiger partial charge in [0.05, 0.1) is 31.6 Å². The zero-order valence-electron chi connectivity index (χ0n) is 10.8. The standard InChI is InChI=1S/C11H17BrN4O3/c1-7(2)15-9(18)6-13-8-5-14-16(3-4-17)11(19)10(8)12/h5,7,13,17H,3-4,6H2,1-2H3,(H,15,18). The number of aliphatic hydroxyl groups is 1. The van der Waals surface area contributed by atoms with Gasteiger partial charge in [0.15, 0.2) is 0 Å². The van der Waals surface area contributed by atoms with Crippen molar-refractivity contribution in [2.45, 2.75) is 26.4 Å². The van der Waals surface area contributed by atoms with Gasteiger partial charge in [-0.2, -0.15) is 5.10 Å². The highest BCUT2D eigenvalue weighted by Crippen LogP contribution is 2.15. The Morgan fingerprint density at radius 2 is 2.26 bits per heavy atom. The Bertz CT molecular complexity index is 501. The SMILES string of the molecule is CC(C)NC(=O)CNc1cnn(CCO)c(=O)c1Br. The van der Waals surface area contributed by atoms with Crippen LogP contribution in [0.5, 0.6) is 0 Å². The number of anilines is 1. The van der Waals surface area contributed by atoms with E-state index in [4.69, 9.17) is 5.11 Å². The summed E-state index contributed by atoms with van der Waals surface area (Å²) in [7, 11) is 0. The minimum Gasteiger partial charge on any atom is -0.394 e. The number of rotatable bonds is 6. The van der Waals surface area contributed by atoms with E-state index in [1.807, 2.05) is 13.8 Å². The van der Waals surface area contributed by atoms with Crippen molar-refractivity contribution >= 4 is 27.5 Å². The van der Waals surface area contributed by atoms with Gasteiger partial charge < -0.3 is 15.7 Å². The van der Waals surface area contributed by atoms with Crippen LogP contribution in [0.3, 0.4) is 0 Å². The number of aromatic nitrogens is 2. The Balaban J connectivity index is 2.73. The summed E-state index contributed by atoms with van der Waals surface area (Å²) in [6.45, 7) is 3.76. The molecule has 1 heterocycles. The second-order valence-corrected chi connectivity index (χ2v) is 4.99. The molecule has 0 saturated carbocycles. The van der Waals surface area contributed by atoms with Gasteiger partial charge in [-0.1, -0.05) is 0 Å². The summed E-state index contributed by atoms with van der Waals surface area (Å²) in [5, 5.41) is 18.2. The molecule has 0 aromatic carbocycles. The lowest BCUT2D eigenvalue weighted by molar-refractivity contribution is -0.119. The molecule has 0 saturated heterocycles. The number of hydrogen-bond acceptors (Lipinski definition) is 5. The Hall–Kier alpha value is -1.41. The Labute approximate surface area is 119 Å². The molecule has 0 aliphatic heterocycles. The quantitative estimate of drug-likeness (QED) is 0.678. The molecule has 8 heteroatoms. The van der Waals surface area contributed by atoms with Gasteiger partial charge in [-0.25, -0.2) is 4.68 Å². The Morgan fingerprint density at radius 1 is 1.58 bits per heavy atom. The average Bonchev–Trinajstić information content (AvgIpc) is 2.33. The number of carbonyl (C=O) groups is 1. The zero-order valence-corrected chi connectivity index (χ0v) is 12.4. The minimum atomic E-state index is -0.358. The van der Waals surface area contributed by atoms with Crippen LogP contribution < -0.4 is 16.2 Å². The molecule has 0 atom stereocenters. The van der Waals surface area contributed by atoms with E-state index in [-0.39, 0.29) is 41.7 Å². The number of nitrogens with zero attached hydrogens (tertiary/aromatic N) is 2. The van der Waals surface area contributed by atoms with Crippen LogP contribution >= 0.6 is 15.9 Å². The van der Waals surface area contributed by atoms with Gasteiger partial charge in [-0.3, -0.25) is 9.59 Å². The summed E-state index contributed by atoms with van der Waals surface area (Å²) in [4.78, 5) is 23.3. The highest BCUT2D eigenvalue weighted by atomic mass is 79.9. The van der Waals surface area contributed by atoms with Gasteiger partial charge in [-0.05, 0) is 29.8 Å². The Morgan fingerprint density at radius 3 is 2.84 bits per heavy atom. The fourth-order valence-corrected chi connectivity index (χ4v) is 1.84. The van der Waals surface area contributed by atoms with E-state index < -0.39 is 0 Å². The number of amides is 1. The monoisotopic (exact) mass is 332 g/mol. The minimum absolute atomic E-state index is 0.0575. The van der Waals surface area contributed by atoms with Crippen molar-refractivity contribution in [1.82, 2.24) is 15.1 Å². The molecule has 3 N–H and O–H groups in total. The molecule has 0 fully saturated rings. The summed E-state index contributed by atoms with van der Waals surface area (Å²) >= 11 is 3.15. The highest BCUT2D eigenvalue weighted by molar-refractivity contribution is 9.10. The van der Waals surface area contributed by atoms with Crippen molar-refractivity contribution in [2.24, 2.45) is 0 Å². The van der Waals surface area contributed by atoms with E-state index >= 15 is 0 Å². The lowest BCUT2D eigenvalue weighted by Crippen LogP contribution is -2.35. The molecule has 0 aliphatic carbocycles. The summed E-state index contributed by atoms with van der Waals surface area (Å²) in [6.07, 6.45) is 1.43. The van der Waals surface area contributed by atoms with E-state index in [0.717, 1.165) is 4.68 Å². The molecular formula is C11H17BrN4O3. The smallest absolute Gasteiger partial charge is 0.283 e. The normalized spacial score (nSPS) is 10.6. The molecule has 7 nitrogen and oxygen atoms in total. The Kier molecular flexibility index (Phi) is 5.97. The molecule has 0 aliphatic rings. The maximum atomic E-state index is 11.8. The highest BCUT2D eigenvalue weighted by Gasteiger charge is 2.10. The summed E-state index contributed by atoms with van der Waals surface area (Å²) < 4.78 is 1.43. The van der Waals surface area contributed by atoms with Crippen molar-refractivity contribution in [2.75, 3.05) is 18.5 Å². The maximum absolute atomic E-state index is 11.8. The number of halogens is 1. The van der Waals surface area contributed by atoms with Crippen LogP contribution in [0.25, 0.3) is 0 Å². The third-order valence-corrected chi connectivity index (χ3v) is 2.95. The number of aliphatic hydroxyl groups excluding tert-OH is 1. The van der Waals surface area contributed by atoms with Crippen LogP contribution in [0.2, 0.25) is 0 Å². The van der Waals surface area contributed by atoms with Gasteiger partial charge in [0, 0.05) is 6.04 Å². The molecular weight excluding hydrogens is 316 g/mol. The van der Waals surface area contributed by atoms with Crippen LogP contribution in [-0.4, -0.2) is 40.0 Å². The van der Waals surface area contributed by atoms with Gasteiger partial charge >= 0.3 is 0 Å². The van der Waals surface area contributed by atoms with Crippen LogP contribution in [0.4, 0.5) is 5.69 Å². The predicted molar refractivity (Wildman–Crippen MR) is 75.1 cm³/mol. The zero-order chi connectivity index (χ0) is 14.4. The molecule has 0 radical (unpaired) electrons. The maximum Gasteiger partial charge on any atom is 0.283 e. The molecule has 19 heavy (non-hydrogen) atoms. The van der Waals surface area contributed by atoms with Gasteiger partial charge in [-0.15, -0.1) is 0 Å².